The first-order chi connectivity index (χ1) is 17.3. The molecule has 0 aliphatic carbocycles. The average molecular weight is 557 g/mol. The zero-order chi connectivity index (χ0) is 27.5. The van der Waals surface area contributed by atoms with E-state index in [1.54, 1.807) is 19.9 Å². The molecule has 0 aromatic carbocycles. The van der Waals surface area contributed by atoms with Gasteiger partial charge < -0.3 is 25.4 Å². The summed E-state index contributed by atoms with van der Waals surface area (Å²) in [6, 6.07) is 0. The van der Waals surface area contributed by atoms with Crippen LogP contribution in [0.3, 0.4) is 0 Å². The number of aliphatic hydroxyl groups is 2. The van der Waals surface area contributed by atoms with Crippen molar-refractivity contribution in [2.75, 3.05) is 0 Å². The number of ketones is 1. The lowest BCUT2D eigenvalue weighted by Gasteiger charge is -2.35. The molecule has 8 nitrogen and oxygen atoms in total. The molecule has 3 heterocycles. The minimum absolute atomic E-state index is 0.0952. The number of hydrogen-bond acceptors (Lipinski definition) is 9. The van der Waals surface area contributed by atoms with Gasteiger partial charge in [-0.3, -0.25) is 9.59 Å². The topological polar surface area (TPSA) is 135 Å². The van der Waals surface area contributed by atoms with Gasteiger partial charge in [-0.05, 0) is 38.2 Å². The third-order valence-corrected chi connectivity index (χ3v) is 9.25. The van der Waals surface area contributed by atoms with Crippen LogP contribution in [0.5, 0.6) is 0 Å². The van der Waals surface area contributed by atoms with Crippen LogP contribution in [0.25, 0.3) is 6.08 Å². The normalized spacial score (nSPS) is 36.1. The summed E-state index contributed by atoms with van der Waals surface area (Å²) in [6.07, 6.45) is 1.37. The number of cyclic esters (lactones) is 1. The Bertz CT molecular complexity index is 997. The molecule has 0 saturated carbocycles. The Morgan fingerprint density at radius 3 is 2.65 bits per heavy atom. The molecule has 0 bridgehead atoms. The summed E-state index contributed by atoms with van der Waals surface area (Å²) in [6.45, 7) is 9.38. The number of esters is 1. The second-order valence-corrected chi connectivity index (χ2v) is 12.6. The van der Waals surface area contributed by atoms with Gasteiger partial charge in [0.2, 0.25) is 0 Å². The maximum absolute atomic E-state index is 13.4. The van der Waals surface area contributed by atoms with E-state index in [1.807, 2.05) is 26.2 Å². The lowest BCUT2D eigenvalue weighted by atomic mass is 9.71. The average Bonchev–Trinajstić information content (AvgIpc) is 3.24. The molecule has 2 saturated heterocycles. The number of rotatable bonds is 4. The number of aromatic nitrogens is 1. The van der Waals surface area contributed by atoms with Crippen LogP contribution in [0.4, 0.5) is 0 Å². The quantitative estimate of drug-likeness (QED) is 0.371. The third kappa shape index (κ3) is 7.19. The van der Waals surface area contributed by atoms with Gasteiger partial charge in [0, 0.05) is 24.3 Å². The fraction of sp³-hybridized carbons (Fsp3) is 0.741. The Morgan fingerprint density at radius 1 is 1.32 bits per heavy atom. The highest BCUT2D eigenvalue weighted by atomic mass is 35.5. The minimum Gasteiger partial charge on any atom is -0.456 e. The number of ether oxygens (including phenoxy) is 2. The molecule has 2 unspecified atom stereocenters. The fourth-order valence-corrected chi connectivity index (χ4v) is 6.00. The van der Waals surface area contributed by atoms with Crippen molar-refractivity contribution in [2.24, 2.45) is 23.0 Å². The highest BCUT2D eigenvalue weighted by Gasteiger charge is 2.53. The molecule has 10 heteroatoms. The maximum atomic E-state index is 13.4. The molecule has 0 amide bonds. The van der Waals surface area contributed by atoms with E-state index in [9.17, 15) is 19.8 Å². The first-order valence-electron chi connectivity index (χ1n) is 13.1. The summed E-state index contributed by atoms with van der Waals surface area (Å²) in [5.41, 5.74) is 4.67. The lowest BCUT2D eigenvalue weighted by molar-refractivity contribution is -0.154. The Kier molecular flexibility index (Phi) is 9.97. The van der Waals surface area contributed by atoms with Crippen LogP contribution in [0.1, 0.15) is 83.8 Å². The first-order valence-corrected chi connectivity index (χ1v) is 14.4. The maximum Gasteiger partial charge on any atom is 0.309 e. The van der Waals surface area contributed by atoms with Crippen LogP contribution in [0.2, 0.25) is 0 Å². The summed E-state index contributed by atoms with van der Waals surface area (Å²) < 4.78 is 11.8. The van der Waals surface area contributed by atoms with Crippen molar-refractivity contribution >= 4 is 40.8 Å². The first kappa shape index (κ1) is 30.2. The summed E-state index contributed by atoms with van der Waals surface area (Å²) >= 11 is 8.07. The molecule has 3 rings (SSSR count). The number of Topliss-reactive ketones (excluding diaryl/α,β-unsaturated/α-hetero) is 1. The van der Waals surface area contributed by atoms with Gasteiger partial charge in [-0.15, -0.1) is 11.3 Å². The van der Waals surface area contributed by atoms with Gasteiger partial charge in [0.1, 0.15) is 16.9 Å². The van der Waals surface area contributed by atoms with Gasteiger partial charge >= 0.3 is 5.97 Å². The number of epoxide rings is 1. The molecular weight excluding hydrogens is 516 g/mol. The second kappa shape index (κ2) is 12.2. The number of aliphatic hydroxyl groups excluding tert-OH is 2. The van der Waals surface area contributed by atoms with Gasteiger partial charge in [0.25, 0.3) is 0 Å². The van der Waals surface area contributed by atoms with Crippen molar-refractivity contribution in [3.63, 3.8) is 0 Å². The molecule has 7 atom stereocenters. The Hall–Kier alpha value is -1.36. The van der Waals surface area contributed by atoms with Gasteiger partial charge in [-0.2, -0.15) is 0 Å². The number of thiazole rings is 1. The van der Waals surface area contributed by atoms with Crippen LogP contribution in [-0.2, 0) is 25.6 Å². The van der Waals surface area contributed by atoms with Crippen molar-refractivity contribution in [1.29, 1.82) is 0 Å². The predicted octanol–water partition coefficient (Wildman–Crippen LogP) is 4.19. The van der Waals surface area contributed by atoms with Crippen LogP contribution >= 0.6 is 22.9 Å². The molecule has 1 aromatic rings. The summed E-state index contributed by atoms with van der Waals surface area (Å²) in [7, 11) is 0. The molecule has 2 aliphatic rings. The van der Waals surface area contributed by atoms with Crippen LogP contribution < -0.4 is 5.73 Å². The number of carbonyl (C=O) groups is 2. The van der Waals surface area contributed by atoms with E-state index < -0.39 is 35.6 Å². The smallest absolute Gasteiger partial charge is 0.309 e. The summed E-state index contributed by atoms with van der Waals surface area (Å²) in [4.78, 5) is 30.8. The van der Waals surface area contributed by atoms with Crippen molar-refractivity contribution in [3.8, 4) is 0 Å². The van der Waals surface area contributed by atoms with Crippen LogP contribution in [0.15, 0.2) is 10.4 Å². The lowest BCUT2D eigenvalue weighted by Crippen LogP contribution is -2.46. The van der Waals surface area contributed by atoms with Crippen LogP contribution in [0, 0.1) is 17.3 Å². The van der Waals surface area contributed by atoms with E-state index in [4.69, 9.17) is 26.8 Å². The fourth-order valence-electron chi connectivity index (χ4n) is 5.13. The molecule has 0 spiro atoms. The minimum atomic E-state index is -1.28. The standard InChI is InChI=1S/C27H41ClN2O6S/c1-6-17-24(33)15(2)8-7-9-27(5)21(36-27)11-19(18(28)10-16-14-37-22(13-29)30-16)35-23(32)12-20(31)26(3,4)25(17)34/h10,14-15,17,19-21,24,31,33H,6-9,11-13,29H2,1-5H3/t15-,17?,19-,20-,21-,24?,27+/m0/s1. The van der Waals surface area contributed by atoms with E-state index in [2.05, 4.69) is 4.98 Å². The molecule has 37 heavy (non-hydrogen) atoms. The number of nitrogens with zero attached hydrogens (tertiary/aromatic N) is 1. The molecule has 1 aromatic heterocycles. The molecule has 0 radical (unpaired) electrons. The summed E-state index contributed by atoms with van der Waals surface area (Å²) in [5.74, 6) is -1.65. The largest absolute Gasteiger partial charge is 0.456 e. The zero-order valence-corrected chi connectivity index (χ0v) is 24.0. The van der Waals surface area contributed by atoms with Crippen molar-refractivity contribution in [1.82, 2.24) is 4.98 Å². The highest BCUT2D eigenvalue weighted by molar-refractivity contribution is 7.09. The number of hydrogen-bond donors (Lipinski definition) is 3. The highest BCUT2D eigenvalue weighted by Crippen LogP contribution is 2.45. The van der Waals surface area contributed by atoms with E-state index >= 15 is 0 Å². The van der Waals surface area contributed by atoms with Gasteiger partial charge in [-0.25, -0.2) is 4.98 Å². The van der Waals surface area contributed by atoms with E-state index in [1.165, 1.54) is 11.3 Å². The van der Waals surface area contributed by atoms with Gasteiger partial charge in [0.15, 0.2) is 0 Å². The molecule has 2 fully saturated rings. The van der Waals surface area contributed by atoms with E-state index in [0.29, 0.717) is 30.1 Å². The zero-order valence-electron chi connectivity index (χ0n) is 22.4. The summed E-state index contributed by atoms with van der Waals surface area (Å²) in [5, 5.41) is 24.9. The monoisotopic (exact) mass is 556 g/mol. The van der Waals surface area contributed by atoms with Crippen molar-refractivity contribution in [2.45, 2.75) is 110 Å². The number of halogens is 1. The number of carbonyl (C=O) groups excluding carboxylic acids is 2. The van der Waals surface area contributed by atoms with Crippen molar-refractivity contribution < 1.29 is 29.3 Å². The Morgan fingerprint density at radius 2 is 2.03 bits per heavy atom. The third-order valence-electron chi connectivity index (χ3n) is 8.01. The predicted molar refractivity (Wildman–Crippen MR) is 144 cm³/mol. The Balaban J connectivity index is 1.87. The molecule has 4 N–H and O–H groups in total. The SMILES string of the molecule is CCC1C(=O)C(C)(C)[C@@H](O)CC(=O)O[C@H](C(Cl)=Cc2csc(CN)n2)C[C@@H]2O[C@]2(C)CCC[C@H](C)C1O. The van der Waals surface area contributed by atoms with Crippen molar-refractivity contribution in [3.05, 3.63) is 21.1 Å². The van der Waals surface area contributed by atoms with Gasteiger partial charge in [0.05, 0.1) is 46.5 Å². The van der Waals surface area contributed by atoms with Gasteiger partial charge in [-0.1, -0.05) is 45.7 Å². The Labute approximate surface area is 228 Å². The van der Waals surface area contributed by atoms with Crippen LogP contribution in [-0.4, -0.2) is 57.0 Å². The van der Waals surface area contributed by atoms with E-state index in [-0.39, 0.29) is 29.8 Å². The molecule has 2 aliphatic heterocycles. The molecular formula is C27H41ClN2O6S. The number of nitrogens with two attached hydrogens (primary N) is 1. The second-order valence-electron chi connectivity index (χ2n) is 11.2. The van der Waals surface area contributed by atoms with E-state index in [0.717, 1.165) is 24.3 Å². The molecule has 208 valence electrons. The number of fused-ring (bicyclic) bond motifs is 1.